The van der Waals surface area contributed by atoms with E-state index < -0.39 is 38.9 Å². The van der Waals surface area contributed by atoms with E-state index in [1.165, 1.54) is 6.07 Å². The van der Waals surface area contributed by atoms with Crippen molar-refractivity contribution in [2.24, 2.45) is 5.41 Å². The number of hydrogen-bond acceptors (Lipinski definition) is 3. The molecule has 139 valence electrons. The minimum absolute atomic E-state index is 0.0316. The number of carbonyl (C=O) groups is 1. The van der Waals surface area contributed by atoms with Crippen LogP contribution in [0.2, 0.25) is 13.1 Å². The van der Waals surface area contributed by atoms with Crippen molar-refractivity contribution in [1.82, 2.24) is 0 Å². The van der Waals surface area contributed by atoms with Crippen LogP contribution in [-0.2, 0) is 15.4 Å². The normalized spacial score (nSPS) is 19.2. The van der Waals surface area contributed by atoms with Crippen LogP contribution in [-0.4, -0.2) is 27.2 Å². The fraction of sp³-hybridized carbons (Fsp3) is 0.588. The van der Waals surface area contributed by atoms with E-state index >= 15 is 0 Å². The minimum Gasteiger partial charge on any atom is -0.476 e. The lowest BCUT2D eigenvalue weighted by Gasteiger charge is -2.35. The molecule has 1 aliphatic rings. The van der Waals surface area contributed by atoms with Crippen LogP contribution in [0.1, 0.15) is 32.8 Å². The maximum atomic E-state index is 12.8. The number of halogens is 3. The van der Waals surface area contributed by atoms with Crippen LogP contribution in [0.5, 0.6) is 5.75 Å². The van der Waals surface area contributed by atoms with Crippen molar-refractivity contribution in [1.29, 1.82) is 0 Å². The third-order valence-electron chi connectivity index (χ3n) is 3.62. The molecule has 0 spiro atoms. The van der Waals surface area contributed by atoms with Crippen LogP contribution in [0.15, 0.2) is 18.2 Å². The van der Waals surface area contributed by atoms with Crippen molar-refractivity contribution in [2.75, 3.05) is 5.32 Å². The Hall–Kier alpha value is -1.54. The predicted octanol–water partition coefficient (Wildman–Crippen LogP) is 4.48. The Bertz CT molecular complexity index is 641. The first-order valence-corrected chi connectivity index (χ1v) is 10.4. The van der Waals surface area contributed by atoms with E-state index in [1.54, 1.807) is 0 Å². The summed E-state index contributed by atoms with van der Waals surface area (Å²) in [5, 5.41) is 2.53. The van der Waals surface area contributed by atoms with Gasteiger partial charge in [-0.05, 0) is 43.1 Å². The van der Waals surface area contributed by atoms with Crippen molar-refractivity contribution < 1.29 is 27.1 Å². The number of benzene rings is 1. The molecule has 1 aliphatic heterocycles. The quantitative estimate of drug-likeness (QED) is 0.791. The molecular weight excluding hydrogens is 351 g/mol. The highest BCUT2D eigenvalue weighted by atomic mass is 28.3. The summed E-state index contributed by atoms with van der Waals surface area (Å²) < 4.78 is 50.2. The molecule has 25 heavy (non-hydrogen) atoms. The van der Waals surface area contributed by atoms with Gasteiger partial charge in [-0.25, -0.2) is 0 Å². The first-order valence-electron chi connectivity index (χ1n) is 8.02. The number of fused-ring (bicyclic) bond motifs is 1. The fourth-order valence-electron chi connectivity index (χ4n) is 2.66. The summed E-state index contributed by atoms with van der Waals surface area (Å²) >= 11 is 0. The molecule has 0 aliphatic carbocycles. The molecule has 0 saturated heterocycles. The van der Waals surface area contributed by atoms with E-state index in [1.807, 2.05) is 33.9 Å². The second kappa shape index (κ2) is 6.99. The molecule has 0 bridgehead atoms. The molecule has 2 rings (SSSR count). The second-order valence-electron chi connectivity index (χ2n) is 7.57. The van der Waals surface area contributed by atoms with Gasteiger partial charge in [0.1, 0.15) is 5.75 Å². The fourth-order valence-corrected chi connectivity index (χ4v) is 3.47. The van der Waals surface area contributed by atoms with Crippen LogP contribution in [0.25, 0.3) is 0 Å². The van der Waals surface area contributed by atoms with Crippen LogP contribution < -0.4 is 10.1 Å². The molecule has 2 unspecified atom stereocenters. The van der Waals surface area contributed by atoms with Crippen molar-refractivity contribution in [3.8, 4) is 5.75 Å². The Balaban J connectivity index is 2.28. The average molecular weight is 374 g/mol. The molecule has 1 aromatic carbocycles. The van der Waals surface area contributed by atoms with Gasteiger partial charge in [0.15, 0.2) is 0 Å². The Morgan fingerprint density at radius 2 is 1.92 bits per heavy atom. The summed E-state index contributed by atoms with van der Waals surface area (Å²) in [4.78, 5) is 12.4. The van der Waals surface area contributed by atoms with Crippen LogP contribution >= 0.6 is 0 Å². The highest BCUT2D eigenvalue weighted by Crippen LogP contribution is 2.38. The highest BCUT2D eigenvalue weighted by molar-refractivity contribution is 6.48. The van der Waals surface area contributed by atoms with Crippen molar-refractivity contribution in [3.63, 3.8) is 0 Å². The largest absolute Gasteiger partial charge is 0.476 e. The topological polar surface area (TPSA) is 47.6 Å². The van der Waals surface area contributed by atoms with Gasteiger partial charge in [-0.2, -0.15) is 13.2 Å². The first kappa shape index (κ1) is 19.8. The van der Waals surface area contributed by atoms with Gasteiger partial charge in [-0.15, -0.1) is 0 Å². The van der Waals surface area contributed by atoms with E-state index in [9.17, 15) is 18.0 Å². The lowest BCUT2D eigenvalue weighted by molar-refractivity contribution is -0.138. The summed E-state index contributed by atoms with van der Waals surface area (Å²) in [6, 6.07) is 3.07. The second-order valence-corrected chi connectivity index (χ2v) is 9.62. The molecule has 0 fully saturated rings. The molecule has 1 aromatic rings. The number of carbonyl (C=O) groups excluding carboxylic acids is 1. The lowest BCUT2D eigenvalue weighted by atomic mass is 9.87. The van der Waals surface area contributed by atoms with E-state index in [0.717, 1.165) is 12.1 Å². The third-order valence-corrected chi connectivity index (χ3v) is 4.39. The molecule has 1 radical (unpaired) electrons. The zero-order valence-corrected chi connectivity index (χ0v) is 16.0. The molecule has 2 atom stereocenters. The number of rotatable bonds is 4. The van der Waals surface area contributed by atoms with Crippen LogP contribution in [0.3, 0.4) is 0 Å². The lowest BCUT2D eigenvalue weighted by Crippen LogP contribution is -2.49. The van der Waals surface area contributed by atoms with Crippen molar-refractivity contribution >= 4 is 20.6 Å². The maximum absolute atomic E-state index is 12.8. The molecule has 1 N–H and O–H groups in total. The molecule has 0 saturated carbocycles. The number of anilines is 1. The zero-order valence-electron chi connectivity index (χ0n) is 15.0. The smallest absolute Gasteiger partial charge is 0.416 e. The highest BCUT2D eigenvalue weighted by Gasteiger charge is 2.39. The van der Waals surface area contributed by atoms with Gasteiger partial charge in [-0.1, -0.05) is 20.8 Å². The van der Waals surface area contributed by atoms with Crippen LogP contribution in [0, 0.1) is 5.41 Å². The molecule has 4 nitrogen and oxygen atoms in total. The summed E-state index contributed by atoms with van der Waals surface area (Å²) in [5.74, 6) is -0.259. The van der Waals surface area contributed by atoms with Gasteiger partial charge in [-0.3, -0.25) is 4.79 Å². The van der Waals surface area contributed by atoms with Gasteiger partial charge in [0.2, 0.25) is 15.1 Å². The maximum Gasteiger partial charge on any atom is 0.416 e. The van der Waals surface area contributed by atoms with E-state index in [4.69, 9.17) is 9.16 Å². The van der Waals surface area contributed by atoms with Gasteiger partial charge in [0.05, 0.1) is 17.4 Å². The summed E-state index contributed by atoms with van der Waals surface area (Å²) in [7, 11) is -1.09. The molecule has 8 heteroatoms. The van der Waals surface area contributed by atoms with Gasteiger partial charge >= 0.3 is 6.18 Å². The SMILES string of the molecule is C[Si](C)OC(CC(C)(C)C)C1Oc2ccc(C(F)(F)F)cc2NC1=O. The predicted molar refractivity (Wildman–Crippen MR) is 90.9 cm³/mol. The van der Waals surface area contributed by atoms with E-state index in [-0.39, 0.29) is 16.9 Å². The van der Waals surface area contributed by atoms with Gasteiger partial charge < -0.3 is 14.5 Å². The monoisotopic (exact) mass is 374 g/mol. The molecule has 1 heterocycles. The third kappa shape index (κ3) is 5.21. The molecular formula is C17H23F3NO3Si. The number of amides is 1. The standard InChI is InChI=1S/C17H23F3NO3Si/c1-16(2,3)9-13(24-25(4)5)14-15(22)21-11-8-10(17(18,19)20)6-7-12(11)23-14/h6-8,13-14H,9H2,1-5H3,(H,21,22). The molecule has 0 aromatic heterocycles. The van der Waals surface area contributed by atoms with E-state index in [0.29, 0.717) is 6.42 Å². The first-order chi connectivity index (χ1) is 11.4. The van der Waals surface area contributed by atoms with Crippen LogP contribution in [0.4, 0.5) is 18.9 Å². The minimum atomic E-state index is -4.48. The Labute approximate surface area is 147 Å². The van der Waals surface area contributed by atoms with E-state index in [2.05, 4.69) is 5.32 Å². The van der Waals surface area contributed by atoms with Crippen molar-refractivity contribution in [2.45, 2.75) is 58.7 Å². The number of ether oxygens (including phenoxy) is 1. The zero-order chi connectivity index (χ0) is 19.0. The number of nitrogens with one attached hydrogen (secondary N) is 1. The Morgan fingerprint density at radius 1 is 1.28 bits per heavy atom. The number of hydrogen-bond donors (Lipinski definition) is 1. The Kier molecular flexibility index (Phi) is 5.53. The number of alkyl halides is 3. The summed E-state index contributed by atoms with van der Waals surface area (Å²) in [6.45, 7) is 10.0. The Morgan fingerprint density at radius 3 is 2.44 bits per heavy atom. The van der Waals surface area contributed by atoms with Gasteiger partial charge in [0, 0.05) is 0 Å². The average Bonchev–Trinajstić information content (AvgIpc) is 2.42. The summed E-state index contributed by atoms with van der Waals surface area (Å²) in [5.41, 5.74) is -0.890. The van der Waals surface area contributed by atoms with Crippen molar-refractivity contribution in [3.05, 3.63) is 23.8 Å². The molecule has 1 amide bonds. The van der Waals surface area contributed by atoms with Gasteiger partial charge in [0.25, 0.3) is 5.91 Å². The summed E-state index contributed by atoms with van der Waals surface area (Å²) in [6.07, 6.45) is -5.23.